The van der Waals surface area contributed by atoms with E-state index >= 15 is 0 Å². The fourth-order valence-corrected chi connectivity index (χ4v) is 1.31. The van der Waals surface area contributed by atoms with Crippen LogP contribution in [0.15, 0.2) is 42.7 Å². The quantitative estimate of drug-likeness (QED) is 0.660. The van der Waals surface area contributed by atoms with Gasteiger partial charge in [0.2, 0.25) is 0 Å². The Labute approximate surface area is 87.4 Å². The molecule has 0 saturated heterocycles. The first-order valence-corrected chi connectivity index (χ1v) is 4.50. The molecule has 0 fully saturated rings. The van der Waals surface area contributed by atoms with Crippen LogP contribution in [0.2, 0.25) is 0 Å². The maximum absolute atomic E-state index is 8.92. The van der Waals surface area contributed by atoms with Crippen LogP contribution in [0.25, 0.3) is 11.1 Å². The molecule has 1 aromatic heterocycles. The van der Waals surface area contributed by atoms with E-state index in [-0.39, 0.29) is 0 Å². The number of nitrogens with zero attached hydrogens (tertiary/aromatic N) is 2. The SMILES string of the molecule is OB(O)c1ccc(-c2ccnnc2)cc1. The summed E-state index contributed by atoms with van der Waals surface area (Å²) in [6, 6.07) is 8.80. The van der Waals surface area contributed by atoms with E-state index in [1.165, 1.54) is 0 Å². The first-order chi connectivity index (χ1) is 7.27. The predicted octanol–water partition coefficient (Wildman–Crippen LogP) is -0.177. The Hall–Kier alpha value is -1.72. The van der Waals surface area contributed by atoms with E-state index in [1.54, 1.807) is 24.5 Å². The summed E-state index contributed by atoms with van der Waals surface area (Å²) in [6.07, 6.45) is 3.27. The molecule has 0 aliphatic heterocycles. The molecule has 0 radical (unpaired) electrons. The maximum Gasteiger partial charge on any atom is 0.488 e. The highest BCUT2D eigenvalue weighted by atomic mass is 16.4. The molecule has 1 heterocycles. The minimum absolute atomic E-state index is 0.473. The zero-order valence-electron chi connectivity index (χ0n) is 7.91. The minimum atomic E-state index is -1.42. The van der Waals surface area contributed by atoms with E-state index in [9.17, 15) is 0 Å². The first-order valence-electron chi connectivity index (χ1n) is 4.50. The zero-order valence-corrected chi connectivity index (χ0v) is 7.91. The van der Waals surface area contributed by atoms with Crippen molar-refractivity contribution in [2.24, 2.45) is 0 Å². The smallest absolute Gasteiger partial charge is 0.423 e. The van der Waals surface area contributed by atoms with Crippen LogP contribution < -0.4 is 5.46 Å². The Bertz CT molecular complexity index is 431. The van der Waals surface area contributed by atoms with Crippen molar-refractivity contribution in [2.75, 3.05) is 0 Å². The van der Waals surface area contributed by atoms with E-state index in [2.05, 4.69) is 10.2 Å². The molecule has 2 aromatic rings. The molecule has 0 aliphatic carbocycles. The third-order valence-electron chi connectivity index (χ3n) is 2.13. The number of hydrogen-bond acceptors (Lipinski definition) is 4. The summed E-state index contributed by atoms with van der Waals surface area (Å²) >= 11 is 0. The molecule has 1 aromatic carbocycles. The Morgan fingerprint density at radius 3 is 2.13 bits per heavy atom. The van der Waals surface area contributed by atoms with Crippen molar-refractivity contribution in [2.45, 2.75) is 0 Å². The summed E-state index contributed by atoms with van der Waals surface area (Å²) in [6.45, 7) is 0. The van der Waals surface area contributed by atoms with Gasteiger partial charge in [0.25, 0.3) is 0 Å². The second-order valence-electron chi connectivity index (χ2n) is 3.13. The van der Waals surface area contributed by atoms with E-state index in [4.69, 9.17) is 10.0 Å². The highest BCUT2D eigenvalue weighted by molar-refractivity contribution is 6.58. The van der Waals surface area contributed by atoms with Crippen LogP contribution in [0.4, 0.5) is 0 Å². The van der Waals surface area contributed by atoms with Crippen molar-refractivity contribution in [3.8, 4) is 11.1 Å². The third-order valence-corrected chi connectivity index (χ3v) is 2.13. The minimum Gasteiger partial charge on any atom is -0.423 e. The maximum atomic E-state index is 8.92. The number of aromatic nitrogens is 2. The normalized spacial score (nSPS) is 10.0. The highest BCUT2D eigenvalue weighted by Crippen LogP contribution is 2.15. The van der Waals surface area contributed by atoms with Gasteiger partial charge >= 0.3 is 7.12 Å². The Kier molecular flexibility index (Phi) is 2.76. The van der Waals surface area contributed by atoms with Crippen LogP contribution in [0, 0.1) is 0 Å². The topological polar surface area (TPSA) is 66.2 Å². The van der Waals surface area contributed by atoms with Gasteiger partial charge in [-0.15, -0.1) is 0 Å². The van der Waals surface area contributed by atoms with Crippen LogP contribution >= 0.6 is 0 Å². The molecule has 0 spiro atoms. The van der Waals surface area contributed by atoms with E-state index in [0.717, 1.165) is 11.1 Å². The van der Waals surface area contributed by atoms with Crippen molar-refractivity contribution < 1.29 is 10.0 Å². The lowest BCUT2D eigenvalue weighted by atomic mass is 9.80. The van der Waals surface area contributed by atoms with Gasteiger partial charge in [-0.05, 0) is 17.1 Å². The zero-order chi connectivity index (χ0) is 10.7. The van der Waals surface area contributed by atoms with Gasteiger partial charge in [-0.2, -0.15) is 10.2 Å². The van der Waals surface area contributed by atoms with Crippen molar-refractivity contribution in [3.05, 3.63) is 42.7 Å². The van der Waals surface area contributed by atoms with Gasteiger partial charge < -0.3 is 10.0 Å². The van der Waals surface area contributed by atoms with Crippen molar-refractivity contribution >= 4 is 12.6 Å². The average molecular weight is 200 g/mol. The highest BCUT2D eigenvalue weighted by Gasteiger charge is 2.09. The van der Waals surface area contributed by atoms with Gasteiger partial charge in [-0.1, -0.05) is 24.3 Å². The van der Waals surface area contributed by atoms with Crippen LogP contribution in [-0.4, -0.2) is 27.4 Å². The van der Waals surface area contributed by atoms with Crippen molar-refractivity contribution in [1.82, 2.24) is 10.2 Å². The lowest BCUT2D eigenvalue weighted by Crippen LogP contribution is -2.29. The average Bonchev–Trinajstić information content (AvgIpc) is 2.30. The summed E-state index contributed by atoms with van der Waals surface area (Å²) in [5.74, 6) is 0. The van der Waals surface area contributed by atoms with Crippen LogP contribution in [-0.2, 0) is 0 Å². The molecule has 2 N–H and O–H groups in total. The monoisotopic (exact) mass is 200 g/mol. The largest absolute Gasteiger partial charge is 0.488 e. The van der Waals surface area contributed by atoms with E-state index < -0.39 is 7.12 Å². The third kappa shape index (κ3) is 2.20. The van der Waals surface area contributed by atoms with E-state index in [1.807, 2.05) is 18.2 Å². The summed E-state index contributed by atoms with van der Waals surface area (Å²) in [4.78, 5) is 0. The lowest BCUT2D eigenvalue weighted by molar-refractivity contribution is 0.426. The Morgan fingerprint density at radius 1 is 0.867 bits per heavy atom. The second-order valence-corrected chi connectivity index (χ2v) is 3.13. The summed E-state index contributed by atoms with van der Waals surface area (Å²) in [5, 5.41) is 25.3. The molecule has 4 nitrogen and oxygen atoms in total. The number of benzene rings is 1. The van der Waals surface area contributed by atoms with E-state index in [0.29, 0.717) is 5.46 Å². The van der Waals surface area contributed by atoms with Gasteiger partial charge in [-0.25, -0.2) is 0 Å². The molecule has 0 saturated carbocycles. The van der Waals surface area contributed by atoms with Crippen molar-refractivity contribution in [3.63, 3.8) is 0 Å². The molecule has 0 aliphatic rings. The summed E-state index contributed by atoms with van der Waals surface area (Å²) in [5.41, 5.74) is 2.39. The predicted molar refractivity (Wildman–Crippen MR) is 57.3 cm³/mol. The molecule has 0 bridgehead atoms. The molecule has 0 unspecified atom stereocenters. The Morgan fingerprint density at radius 2 is 1.60 bits per heavy atom. The van der Waals surface area contributed by atoms with Crippen molar-refractivity contribution in [1.29, 1.82) is 0 Å². The lowest BCUT2D eigenvalue weighted by Gasteiger charge is -2.02. The molecule has 74 valence electrons. The summed E-state index contributed by atoms with van der Waals surface area (Å²) in [7, 11) is -1.42. The van der Waals surface area contributed by atoms with Gasteiger partial charge in [0.1, 0.15) is 0 Å². The van der Waals surface area contributed by atoms with Gasteiger partial charge in [0.05, 0.1) is 12.4 Å². The molecule has 0 amide bonds. The van der Waals surface area contributed by atoms with Crippen LogP contribution in [0.5, 0.6) is 0 Å². The second kappa shape index (κ2) is 4.21. The summed E-state index contributed by atoms with van der Waals surface area (Å²) < 4.78 is 0. The molecular weight excluding hydrogens is 191 g/mol. The van der Waals surface area contributed by atoms with Gasteiger partial charge in [-0.3, -0.25) is 0 Å². The fourth-order valence-electron chi connectivity index (χ4n) is 1.31. The molecular formula is C10H9BN2O2. The first kappa shape index (κ1) is 9.83. The number of hydrogen-bond donors (Lipinski definition) is 2. The molecule has 0 atom stereocenters. The molecule has 15 heavy (non-hydrogen) atoms. The number of rotatable bonds is 2. The van der Waals surface area contributed by atoms with Crippen LogP contribution in [0.3, 0.4) is 0 Å². The van der Waals surface area contributed by atoms with Gasteiger partial charge in [0, 0.05) is 5.56 Å². The standard InChI is InChI=1S/C10H9BN2O2/c14-11(15)10-3-1-8(2-4-10)9-5-6-12-13-7-9/h1-7,14-15H. The molecule has 2 rings (SSSR count). The Balaban J connectivity index is 2.32. The van der Waals surface area contributed by atoms with Crippen LogP contribution in [0.1, 0.15) is 0 Å². The van der Waals surface area contributed by atoms with Gasteiger partial charge in [0.15, 0.2) is 0 Å². The fraction of sp³-hybridized carbons (Fsp3) is 0. The molecule has 5 heteroatoms.